The van der Waals surface area contributed by atoms with E-state index in [9.17, 15) is 0 Å². The van der Waals surface area contributed by atoms with Crippen molar-refractivity contribution in [3.63, 3.8) is 0 Å². The Balaban J connectivity index is 3.53. The first-order chi connectivity index (χ1) is 16.1. The Morgan fingerprint density at radius 2 is 0.939 bits per heavy atom. The van der Waals surface area contributed by atoms with Crippen LogP contribution in [0.4, 0.5) is 0 Å². The van der Waals surface area contributed by atoms with Gasteiger partial charge in [0.05, 0.1) is 6.61 Å². The molecule has 33 heavy (non-hydrogen) atoms. The molecule has 0 radical (unpaired) electrons. The van der Waals surface area contributed by atoms with E-state index in [0.29, 0.717) is 26.4 Å². The molecule has 0 amide bonds. The predicted molar refractivity (Wildman–Crippen MR) is 148 cm³/mol. The van der Waals surface area contributed by atoms with Crippen LogP contribution in [0.1, 0.15) is 137 Å². The van der Waals surface area contributed by atoms with Crippen molar-refractivity contribution >= 4 is 26.1 Å². The van der Waals surface area contributed by atoms with Crippen LogP contribution in [0.15, 0.2) is 0 Å². The highest BCUT2D eigenvalue weighted by Crippen LogP contribution is 2.19. The predicted octanol–water partition coefficient (Wildman–Crippen LogP) is 9.03. The highest BCUT2D eigenvalue weighted by Gasteiger charge is 2.39. The van der Waals surface area contributed by atoms with Crippen molar-refractivity contribution in [2.45, 2.75) is 143 Å². The molecular weight excluding hydrogens is 448 g/mol. The average molecular weight is 505 g/mol. The number of rotatable bonds is 26. The Morgan fingerprint density at radius 1 is 0.545 bits per heavy atom. The molecule has 0 heterocycles. The fourth-order valence-corrected chi connectivity index (χ4v) is 7.00. The van der Waals surface area contributed by atoms with Crippen LogP contribution in [0.25, 0.3) is 0 Å². The quantitative estimate of drug-likeness (QED) is 0.0667. The first-order valence-electron chi connectivity index (χ1n) is 14.2. The van der Waals surface area contributed by atoms with E-state index >= 15 is 0 Å². The van der Waals surface area contributed by atoms with Gasteiger partial charge in [-0.05, 0) is 45.8 Å². The van der Waals surface area contributed by atoms with E-state index in [1.54, 1.807) is 0 Å². The minimum Gasteiger partial charge on any atom is -0.487 e. The summed E-state index contributed by atoms with van der Waals surface area (Å²) in [5.74, 6) is 0. The highest BCUT2D eigenvalue weighted by molar-refractivity contribution is 7.80. The molecule has 0 aliphatic carbocycles. The highest BCUT2D eigenvalue weighted by atomic mass is 32.1. The van der Waals surface area contributed by atoms with Gasteiger partial charge in [-0.1, -0.05) is 96.8 Å². The lowest BCUT2D eigenvalue weighted by Crippen LogP contribution is -2.46. The maximum Gasteiger partial charge on any atom is 0.501 e. The number of hydrogen-bond acceptors (Lipinski definition) is 5. The summed E-state index contributed by atoms with van der Waals surface area (Å²) in [6, 6.07) is 0.782. The third-order valence-electron chi connectivity index (χ3n) is 5.97. The van der Waals surface area contributed by atoms with Gasteiger partial charge in [-0.3, -0.25) is 0 Å². The summed E-state index contributed by atoms with van der Waals surface area (Å²) in [4.78, 5) is 0. The van der Waals surface area contributed by atoms with Gasteiger partial charge in [-0.15, -0.1) is 0 Å². The maximum atomic E-state index is 5.88. The number of ether oxygens (including phenoxy) is 1. The summed E-state index contributed by atoms with van der Waals surface area (Å²) in [6.07, 6.45) is 22.5. The largest absolute Gasteiger partial charge is 0.501 e. The minimum atomic E-state index is -2.55. The van der Waals surface area contributed by atoms with E-state index in [1.165, 1.54) is 89.9 Å². The SMILES string of the molecule is CCCCCCCCCCCCCCCCCC(=S)OCCC[Si](OCC)(OCC)OCC. The Kier molecular flexibility index (Phi) is 25.1. The van der Waals surface area contributed by atoms with Crippen LogP contribution in [0.5, 0.6) is 0 Å². The summed E-state index contributed by atoms with van der Waals surface area (Å²) in [7, 11) is -2.55. The Morgan fingerprint density at radius 3 is 1.33 bits per heavy atom. The van der Waals surface area contributed by atoms with Crippen molar-refractivity contribution in [1.82, 2.24) is 0 Å². The summed E-state index contributed by atoms with van der Waals surface area (Å²) in [5, 5.41) is 0.751. The second-order valence-corrected chi connectivity index (χ2v) is 12.2. The topological polar surface area (TPSA) is 36.9 Å². The average Bonchev–Trinajstić information content (AvgIpc) is 2.80. The first-order valence-corrected chi connectivity index (χ1v) is 16.6. The van der Waals surface area contributed by atoms with E-state index in [2.05, 4.69) is 6.92 Å². The first kappa shape index (κ1) is 33.0. The molecule has 0 aromatic rings. The van der Waals surface area contributed by atoms with Gasteiger partial charge in [0.15, 0.2) is 5.05 Å². The van der Waals surface area contributed by atoms with Crippen molar-refractivity contribution in [1.29, 1.82) is 0 Å². The zero-order valence-corrected chi connectivity index (χ0v) is 24.4. The third-order valence-corrected chi connectivity index (χ3v) is 9.44. The fourth-order valence-electron chi connectivity index (χ4n) is 4.19. The number of hydrogen-bond donors (Lipinski definition) is 0. The molecular formula is C27H56O4SSi. The van der Waals surface area contributed by atoms with Crippen LogP contribution in [-0.4, -0.2) is 40.3 Å². The minimum absolute atomic E-state index is 0.616. The Bertz CT molecular complexity index is 406. The molecule has 0 aromatic heterocycles. The molecule has 0 aliphatic rings. The zero-order valence-electron chi connectivity index (χ0n) is 22.6. The zero-order chi connectivity index (χ0) is 24.5. The maximum absolute atomic E-state index is 5.88. The summed E-state index contributed by atoms with van der Waals surface area (Å²) >= 11 is 5.41. The van der Waals surface area contributed by atoms with Gasteiger partial charge in [-0.25, -0.2) is 0 Å². The van der Waals surface area contributed by atoms with Crippen LogP contribution in [0.2, 0.25) is 6.04 Å². The molecule has 0 aromatic carbocycles. The molecule has 198 valence electrons. The molecule has 0 fully saturated rings. The van der Waals surface area contributed by atoms with E-state index in [-0.39, 0.29) is 0 Å². The van der Waals surface area contributed by atoms with Gasteiger partial charge in [0.1, 0.15) is 0 Å². The smallest absolute Gasteiger partial charge is 0.487 e. The van der Waals surface area contributed by atoms with Crippen LogP contribution < -0.4 is 0 Å². The molecule has 6 heteroatoms. The van der Waals surface area contributed by atoms with Crippen LogP contribution in [0.3, 0.4) is 0 Å². The summed E-state index contributed by atoms with van der Waals surface area (Å²) in [6.45, 7) is 10.7. The Labute approximate surface area is 213 Å². The molecule has 0 N–H and O–H groups in total. The summed E-state index contributed by atoms with van der Waals surface area (Å²) in [5.41, 5.74) is 0. The van der Waals surface area contributed by atoms with Crippen LogP contribution >= 0.6 is 12.2 Å². The number of unbranched alkanes of at least 4 members (excludes halogenated alkanes) is 14. The third kappa shape index (κ3) is 21.0. The molecule has 0 saturated heterocycles. The van der Waals surface area contributed by atoms with E-state index in [4.69, 9.17) is 30.2 Å². The van der Waals surface area contributed by atoms with Gasteiger partial charge < -0.3 is 18.0 Å². The van der Waals surface area contributed by atoms with Gasteiger partial charge in [0.2, 0.25) is 0 Å². The molecule has 0 saturated carbocycles. The van der Waals surface area contributed by atoms with Crippen molar-refractivity contribution < 1.29 is 18.0 Å². The second kappa shape index (κ2) is 25.1. The van der Waals surface area contributed by atoms with Crippen molar-refractivity contribution in [3.8, 4) is 0 Å². The van der Waals surface area contributed by atoms with Gasteiger partial charge in [-0.2, -0.15) is 0 Å². The lowest BCUT2D eigenvalue weighted by atomic mass is 10.0. The normalized spacial score (nSPS) is 11.8. The standard InChI is InChI=1S/C27H56O4SSi/c1-5-9-10-11-12-13-14-15-16-17-18-19-20-21-22-24-27(32)28-25-23-26-33(29-6-2,30-7-3)31-8-4/h5-26H2,1-4H3. The van der Waals surface area contributed by atoms with E-state index < -0.39 is 8.80 Å². The Hall–Kier alpha value is -0.0131. The van der Waals surface area contributed by atoms with Crippen molar-refractivity contribution in [2.75, 3.05) is 26.4 Å². The lowest BCUT2D eigenvalue weighted by molar-refractivity contribution is 0.0695. The monoisotopic (exact) mass is 504 g/mol. The van der Waals surface area contributed by atoms with Gasteiger partial charge in [0.25, 0.3) is 0 Å². The molecule has 0 unspecified atom stereocenters. The molecule has 0 bridgehead atoms. The fraction of sp³-hybridized carbons (Fsp3) is 0.963. The van der Waals surface area contributed by atoms with Crippen LogP contribution in [0, 0.1) is 0 Å². The molecule has 4 nitrogen and oxygen atoms in total. The van der Waals surface area contributed by atoms with Crippen molar-refractivity contribution in [2.24, 2.45) is 0 Å². The van der Waals surface area contributed by atoms with Crippen LogP contribution in [-0.2, 0) is 18.0 Å². The van der Waals surface area contributed by atoms with E-state index in [1.807, 2.05) is 20.8 Å². The lowest BCUT2D eigenvalue weighted by Gasteiger charge is -2.28. The van der Waals surface area contributed by atoms with Gasteiger partial charge in [0, 0.05) is 32.3 Å². The molecule has 0 aliphatic heterocycles. The molecule has 0 atom stereocenters. The second-order valence-electron chi connectivity index (χ2n) is 9.01. The van der Waals surface area contributed by atoms with Gasteiger partial charge >= 0.3 is 8.80 Å². The van der Waals surface area contributed by atoms with E-state index in [0.717, 1.165) is 30.4 Å². The molecule has 0 spiro atoms. The number of thiocarbonyl (C=S) groups is 1. The van der Waals surface area contributed by atoms with Crippen molar-refractivity contribution in [3.05, 3.63) is 0 Å². The summed E-state index contributed by atoms with van der Waals surface area (Å²) < 4.78 is 23.4. The molecule has 0 rings (SSSR count).